The lowest BCUT2D eigenvalue weighted by Gasteiger charge is -2.32. The Morgan fingerprint density at radius 2 is 1.75 bits per heavy atom. The van der Waals surface area contributed by atoms with Crippen molar-refractivity contribution in [2.24, 2.45) is 0 Å². The van der Waals surface area contributed by atoms with Crippen LogP contribution in [0.25, 0.3) is 16.6 Å². The summed E-state index contributed by atoms with van der Waals surface area (Å²) < 4.78 is 7.16. The molecule has 6 nitrogen and oxygen atoms in total. The van der Waals surface area contributed by atoms with E-state index in [2.05, 4.69) is 0 Å². The predicted octanol–water partition coefficient (Wildman–Crippen LogP) is 6.70. The van der Waals surface area contributed by atoms with Gasteiger partial charge in [-0.05, 0) is 55.3 Å². The van der Waals surface area contributed by atoms with Gasteiger partial charge < -0.3 is 9.64 Å². The van der Waals surface area contributed by atoms with E-state index in [0.717, 1.165) is 6.42 Å². The molecule has 0 saturated carbocycles. The third-order valence-electron chi connectivity index (χ3n) is 6.08. The summed E-state index contributed by atoms with van der Waals surface area (Å²) in [5.41, 5.74) is 1.33. The standard InChI is InChI=1S/C28H27Cl2N3O3/c1-4-16-32(27(34)18-14-15-20(29)21(30)17-18)23(5-2)26-31-22-11-7-6-10-19(22)28(35)33(26)24-12-8-9-13-25(24)36-3/h6-15,17,23H,4-5,16H2,1-3H3. The summed E-state index contributed by atoms with van der Waals surface area (Å²) in [6.45, 7) is 4.44. The Hall–Kier alpha value is -3.35. The van der Waals surface area contributed by atoms with Crippen molar-refractivity contribution < 1.29 is 9.53 Å². The normalized spacial score (nSPS) is 11.9. The third kappa shape index (κ3) is 4.84. The molecule has 3 aromatic carbocycles. The van der Waals surface area contributed by atoms with Crippen LogP contribution >= 0.6 is 23.2 Å². The lowest BCUT2D eigenvalue weighted by molar-refractivity contribution is 0.0659. The van der Waals surface area contributed by atoms with E-state index in [1.54, 1.807) is 46.9 Å². The first-order valence-electron chi connectivity index (χ1n) is 11.8. The van der Waals surface area contributed by atoms with E-state index in [4.69, 9.17) is 32.9 Å². The van der Waals surface area contributed by atoms with Crippen LogP contribution in [-0.4, -0.2) is 34.0 Å². The maximum absolute atomic E-state index is 13.9. The molecular weight excluding hydrogens is 497 g/mol. The molecule has 0 aliphatic carbocycles. The molecule has 0 radical (unpaired) electrons. The van der Waals surface area contributed by atoms with Gasteiger partial charge in [0, 0.05) is 12.1 Å². The minimum Gasteiger partial charge on any atom is -0.495 e. The van der Waals surface area contributed by atoms with E-state index >= 15 is 0 Å². The van der Waals surface area contributed by atoms with E-state index in [1.165, 1.54) is 0 Å². The zero-order chi connectivity index (χ0) is 25.8. The summed E-state index contributed by atoms with van der Waals surface area (Å²) in [7, 11) is 1.56. The summed E-state index contributed by atoms with van der Waals surface area (Å²) in [6, 6.07) is 18.9. The number of carbonyl (C=O) groups excluding carboxylic acids is 1. The molecule has 1 heterocycles. The number of hydrogen-bond acceptors (Lipinski definition) is 4. The Morgan fingerprint density at radius 3 is 2.44 bits per heavy atom. The SMILES string of the molecule is CCCN(C(=O)c1ccc(Cl)c(Cl)c1)C(CC)c1nc2ccccc2c(=O)n1-c1ccccc1OC. The highest BCUT2D eigenvalue weighted by Crippen LogP contribution is 2.31. The summed E-state index contributed by atoms with van der Waals surface area (Å²) in [6.07, 6.45) is 1.25. The number of rotatable bonds is 8. The first-order chi connectivity index (χ1) is 17.4. The summed E-state index contributed by atoms with van der Waals surface area (Å²) in [4.78, 5) is 34.3. The number of nitrogens with zero attached hydrogens (tertiary/aromatic N) is 3. The Morgan fingerprint density at radius 1 is 1.03 bits per heavy atom. The maximum Gasteiger partial charge on any atom is 0.266 e. The van der Waals surface area contributed by atoms with Crippen LogP contribution in [0.5, 0.6) is 5.75 Å². The van der Waals surface area contributed by atoms with Gasteiger partial charge in [0.25, 0.3) is 11.5 Å². The van der Waals surface area contributed by atoms with Crippen LogP contribution < -0.4 is 10.3 Å². The molecule has 0 aliphatic heterocycles. The molecule has 1 atom stereocenters. The fourth-order valence-electron chi connectivity index (χ4n) is 4.40. The minimum absolute atomic E-state index is 0.212. The molecule has 186 valence electrons. The average Bonchev–Trinajstić information content (AvgIpc) is 2.90. The lowest BCUT2D eigenvalue weighted by Crippen LogP contribution is -2.39. The van der Waals surface area contributed by atoms with E-state index in [1.807, 2.05) is 50.2 Å². The van der Waals surface area contributed by atoms with Crippen LogP contribution in [0.3, 0.4) is 0 Å². The van der Waals surface area contributed by atoms with Crippen molar-refractivity contribution in [3.05, 3.63) is 98.5 Å². The second-order valence-corrected chi connectivity index (χ2v) is 9.17. The molecule has 0 saturated heterocycles. The van der Waals surface area contributed by atoms with Gasteiger partial charge in [0.05, 0.1) is 39.8 Å². The van der Waals surface area contributed by atoms with E-state index in [0.29, 0.717) is 56.7 Å². The van der Waals surface area contributed by atoms with Crippen molar-refractivity contribution in [3.8, 4) is 11.4 Å². The first-order valence-corrected chi connectivity index (χ1v) is 12.6. The molecule has 1 unspecified atom stereocenters. The summed E-state index contributed by atoms with van der Waals surface area (Å²) >= 11 is 12.3. The second kappa shape index (κ2) is 11.1. The molecule has 0 bridgehead atoms. The number of aromatic nitrogens is 2. The van der Waals surface area contributed by atoms with Crippen LogP contribution in [-0.2, 0) is 0 Å². The molecule has 1 aromatic heterocycles. The summed E-state index contributed by atoms with van der Waals surface area (Å²) in [5, 5.41) is 1.17. The topological polar surface area (TPSA) is 64.4 Å². The zero-order valence-electron chi connectivity index (χ0n) is 20.4. The Bertz CT molecular complexity index is 1470. The van der Waals surface area contributed by atoms with Gasteiger partial charge in [-0.15, -0.1) is 0 Å². The molecule has 8 heteroatoms. The number of ether oxygens (including phenoxy) is 1. The van der Waals surface area contributed by atoms with Crippen LogP contribution in [0.15, 0.2) is 71.5 Å². The smallest absolute Gasteiger partial charge is 0.266 e. The number of fused-ring (bicyclic) bond motifs is 1. The molecule has 0 spiro atoms. The highest BCUT2D eigenvalue weighted by atomic mass is 35.5. The van der Waals surface area contributed by atoms with Gasteiger partial charge in [-0.2, -0.15) is 0 Å². The van der Waals surface area contributed by atoms with Crippen LogP contribution in [0, 0.1) is 0 Å². The van der Waals surface area contributed by atoms with Crippen molar-refractivity contribution in [2.45, 2.75) is 32.7 Å². The highest BCUT2D eigenvalue weighted by Gasteiger charge is 2.30. The molecular formula is C28H27Cl2N3O3. The molecule has 0 N–H and O–H groups in total. The van der Waals surface area contributed by atoms with Crippen molar-refractivity contribution in [3.63, 3.8) is 0 Å². The number of carbonyl (C=O) groups is 1. The quantitative estimate of drug-likeness (QED) is 0.257. The van der Waals surface area contributed by atoms with E-state index < -0.39 is 6.04 Å². The number of halogens is 2. The van der Waals surface area contributed by atoms with Crippen molar-refractivity contribution >= 4 is 40.0 Å². The largest absolute Gasteiger partial charge is 0.495 e. The van der Waals surface area contributed by atoms with Gasteiger partial charge in [0.1, 0.15) is 11.6 Å². The average molecular weight is 524 g/mol. The van der Waals surface area contributed by atoms with Crippen molar-refractivity contribution in [2.75, 3.05) is 13.7 Å². The van der Waals surface area contributed by atoms with Crippen molar-refractivity contribution in [1.29, 1.82) is 0 Å². The fourth-order valence-corrected chi connectivity index (χ4v) is 4.70. The molecule has 4 aromatic rings. The minimum atomic E-state index is -0.492. The molecule has 1 amide bonds. The van der Waals surface area contributed by atoms with Gasteiger partial charge in [-0.3, -0.25) is 14.2 Å². The van der Waals surface area contributed by atoms with Crippen LogP contribution in [0.2, 0.25) is 10.0 Å². The maximum atomic E-state index is 13.9. The molecule has 36 heavy (non-hydrogen) atoms. The van der Waals surface area contributed by atoms with Crippen molar-refractivity contribution in [1.82, 2.24) is 14.5 Å². The van der Waals surface area contributed by atoms with E-state index in [9.17, 15) is 9.59 Å². The van der Waals surface area contributed by atoms with Gasteiger partial charge in [-0.1, -0.05) is 61.3 Å². The number of benzene rings is 3. The number of para-hydroxylation sites is 3. The monoisotopic (exact) mass is 523 g/mol. The fraction of sp³-hybridized carbons (Fsp3) is 0.250. The van der Waals surface area contributed by atoms with Gasteiger partial charge >= 0.3 is 0 Å². The Kier molecular flexibility index (Phi) is 7.97. The van der Waals surface area contributed by atoms with Gasteiger partial charge in [0.15, 0.2) is 0 Å². The Balaban J connectivity index is 1.97. The first kappa shape index (κ1) is 25.7. The van der Waals surface area contributed by atoms with Gasteiger partial charge in [0.2, 0.25) is 0 Å². The zero-order valence-corrected chi connectivity index (χ0v) is 21.9. The molecule has 0 aliphatic rings. The molecule has 0 fully saturated rings. The van der Waals surface area contributed by atoms with Crippen LogP contribution in [0.4, 0.5) is 0 Å². The predicted molar refractivity (Wildman–Crippen MR) is 145 cm³/mol. The highest BCUT2D eigenvalue weighted by molar-refractivity contribution is 6.42. The number of hydrogen-bond donors (Lipinski definition) is 0. The number of amides is 1. The van der Waals surface area contributed by atoms with E-state index in [-0.39, 0.29) is 11.5 Å². The van der Waals surface area contributed by atoms with Gasteiger partial charge in [-0.25, -0.2) is 4.98 Å². The Labute approximate surface area is 220 Å². The summed E-state index contributed by atoms with van der Waals surface area (Å²) in [5.74, 6) is 0.787. The lowest BCUT2D eigenvalue weighted by atomic mass is 10.1. The molecule has 4 rings (SSSR count). The van der Waals surface area contributed by atoms with Crippen LogP contribution in [0.1, 0.15) is 48.9 Å². The number of methoxy groups -OCH3 is 1. The third-order valence-corrected chi connectivity index (χ3v) is 6.82. The second-order valence-electron chi connectivity index (χ2n) is 8.35.